The van der Waals surface area contributed by atoms with E-state index < -0.39 is 0 Å². The molecule has 2 aliphatic rings. The van der Waals surface area contributed by atoms with Crippen molar-refractivity contribution in [3.8, 4) is 0 Å². The van der Waals surface area contributed by atoms with Gasteiger partial charge in [-0.3, -0.25) is 4.79 Å². The quantitative estimate of drug-likeness (QED) is 0.894. The average molecular weight is 376 g/mol. The van der Waals surface area contributed by atoms with Gasteiger partial charge in [0, 0.05) is 37.7 Å². The average Bonchev–Trinajstić information content (AvgIpc) is 3.12. The van der Waals surface area contributed by atoms with Crippen molar-refractivity contribution in [2.75, 3.05) is 19.6 Å². The van der Waals surface area contributed by atoms with Crippen LogP contribution in [0.3, 0.4) is 0 Å². The minimum atomic E-state index is 0. The Morgan fingerprint density at radius 2 is 1.88 bits per heavy atom. The molecular weight excluding hydrogens is 350 g/mol. The van der Waals surface area contributed by atoms with Gasteiger partial charge in [-0.25, -0.2) is 0 Å². The van der Waals surface area contributed by atoms with Crippen molar-refractivity contribution in [1.29, 1.82) is 0 Å². The maximum Gasteiger partial charge on any atom is 0.253 e. The van der Waals surface area contributed by atoms with E-state index in [0.717, 1.165) is 69.2 Å². The van der Waals surface area contributed by atoms with Crippen LogP contribution in [-0.4, -0.2) is 45.2 Å². The monoisotopic (exact) mass is 375 g/mol. The molecule has 0 atom stereocenters. The van der Waals surface area contributed by atoms with Crippen molar-refractivity contribution in [2.45, 2.75) is 45.2 Å². The third kappa shape index (κ3) is 3.62. The van der Waals surface area contributed by atoms with Gasteiger partial charge < -0.3 is 14.8 Å². The summed E-state index contributed by atoms with van der Waals surface area (Å²) in [6.45, 7) is 6.43. The van der Waals surface area contributed by atoms with Crippen molar-refractivity contribution < 1.29 is 4.79 Å². The van der Waals surface area contributed by atoms with E-state index in [1.54, 1.807) is 0 Å². The van der Waals surface area contributed by atoms with Gasteiger partial charge in [0.15, 0.2) is 0 Å². The van der Waals surface area contributed by atoms with Crippen LogP contribution >= 0.6 is 12.4 Å². The summed E-state index contributed by atoms with van der Waals surface area (Å²) in [5.74, 6) is 2.70. The molecular formula is C19H26ClN5O. The Morgan fingerprint density at radius 3 is 2.58 bits per heavy atom. The molecule has 0 spiro atoms. The molecule has 3 heterocycles. The highest BCUT2D eigenvalue weighted by Crippen LogP contribution is 2.28. The number of hydrogen-bond acceptors (Lipinski definition) is 4. The molecule has 1 aromatic heterocycles. The van der Waals surface area contributed by atoms with Gasteiger partial charge in [-0.15, -0.1) is 22.6 Å². The molecule has 0 aliphatic carbocycles. The fourth-order valence-electron chi connectivity index (χ4n) is 3.82. The maximum atomic E-state index is 12.7. The number of aryl methyl sites for hydroxylation is 1. The van der Waals surface area contributed by atoms with Gasteiger partial charge in [0.1, 0.15) is 11.6 Å². The SMILES string of the molecule is CCc1ccc(C(=O)N2CCC(c3nnc4n3CCNC4)CC2)cc1.Cl. The van der Waals surface area contributed by atoms with E-state index in [-0.39, 0.29) is 18.3 Å². The van der Waals surface area contributed by atoms with Crippen LogP contribution in [0.1, 0.15) is 53.3 Å². The molecule has 1 fully saturated rings. The van der Waals surface area contributed by atoms with E-state index in [1.807, 2.05) is 17.0 Å². The Hall–Kier alpha value is -1.92. The van der Waals surface area contributed by atoms with Gasteiger partial charge in [0.2, 0.25) is 0 Å². The number of carbonyl (C=O) groups excluding carboxylic acids is 1. The number of carbonyl (C=O) groups is 1. The van der Waals surface area contributed by atoms with Gasteiger partial charge in [-0.1, -0.05) is 19.1 Å². The van der Waals surface area contributed by atoms with Gasteiger partial charge in [0.05, 0.1) is 6.54 Å². The van der Waals surface area contributed by atoms with Crippen LogP contribution < -0.4 is 5.32 Å². The van der Waals surface area contributed by atoms with Crippen LogP contribution in [0.4, 0.5) is 0 Å². The minimum absolute atomic E-state index is 0. The number of aromatic nitrogens is 3. The number of piperidine rings is 1. The van der Waals surface area contributed by atoms with E-state index in [0.29, 0.717) is 5.92 Å². The zero-order valence-corrected chi connectivity index (χ0v) is 16.0. The normalized spacial score (nSPS) is 17.5. The van der Waals surface area contributed by atoms with Crippen LogP contribution in [0.5, 0.6) is 0 Å². The van der Waals surface area contributed by atoms with Gasteiger partial charge in [-0.2, -0.15) is 0 Å². The first kappa shape index (κ1) is 18.9. The Kier molecular flexibility index (Phi) is 5.94. The first-order valence-corrected chi connectivity index (χ1v) is 9.27. The molecule has 0 radical (unpaired) electrons. The molecule has 1 amide bonds. The fourth-order valence-corrected chi connectivity index (χ4v) is 3.82. The number of nitrogens with one attached hydrogen (secondary N) is 1. The molecule has 0 unspecified atom stereocenters. The van der Waals surface area contributed by atoms with Crippen molar-refractivity contribution in [3.63, 3.8) is 0 Å². The van der Waals surface area contributed by atoms with Crippen molar-refractivity contribution in [2.24, 2.45) is 0 Å². The summed E-state index contributed by atoms with van der Waals surface area (Å²) in [5.41, 5.74) is 2.06. The maximum absolute atomic E-state index is 12.7. The second-order valence-corrected chi connectivity index (χ2v) is 6.92. The number of amides is 1. The first-order valence-electron chi connectivity index (χ1n) is 9.27. The van der Waals surface area contributed by atoms with Crippen molar-refractivity contribution >= 4 is 18.3 Å². The Bertz CT molecular complexity index is 750. The van der Waals surface area contributed by atoms with Crippen LogP contribution in [-0.2, 0) is 19.5 Å². The van der Waals surface area contributed by atoms with Crippen LogP contribution in [0.2, 0.25) is 0 Å². The summed E-state index contributed by atoms with van der Waals surface area (Å²) in [6.07, 6.45) is 2.92. The number of nitrogens with zero attached hydrogens (tertiary/aromatic N) is 4. The van der Waals surface area contributed by atoms with Gasteiger partial charge in [0.25, 0.3) is 5.91 Å². The Labute approximate surface area is 160 Å². The molecule has 26 heavy (non-hydrogen) atoms. The molecule has 4 rings (SSSR count). The second-order valence-electron chi connectivity index (χ2n) is 6.92. The predicted octanol–water partition coefficient (Wildman–Crippen LogP) is 2.39. The minimum Gasteiger partial charge on any atom is -0.339 e. The summed E-state index contributed by atoms with van der Waals surface area (Å²) < 4.78 is 2.27. The molecule has 0 saturated carbocycles. The van der Waals surface area contributed by atoms with Gasteiger partial charge >= 0.3 is 0 Å². The highest BCUT2D eigenvalue weighted by atomic mass is 35.5. The lowest BCUT2D eigenvalue weighted by Crippen LogP contribution is -2.38. The highest BCUT2D eigenvalue weighted by molar-refractivity contribution is 5.94. The zero-order valence-electron chi connectivity index (χ0n) is 15.1. The third-order valence-corrected chi connectivity index (χ3v) is 5.41. The molecule has 0 bridgehead atoms. The smallest absolute Gasteiger partial charge is 0.253 e. The Balaban J connectivity index is 0.00000196. The topological polar surface area (TPSA) is 63.1 Å². The summed E-state index contributed by atoms with van der Waals surface area (Å²) in [4.78, 5) is 14.7. The van der Waals surface area contributed by atoms with E-state index in [4.69, 9.17) is 0 Å². The molecule has 2 aromatic rings. The number of halogens is 1. The van der Waals surface area contributed by atoms with Crippen LogP contribution in [0, 0.1) is 0 Å². The lowest BCUT2D eigenvalue weighted by molar-refractivity contribution is 0.0710. The fraction of sp³-hybridized carbons (Fsp3) is 0.526. The molecule has 7 heteroatoms. The van der Waals surface area contributed by atoms with Crippen molar-refractivity contribution in [3.05, 3.63) is 47.0 Å². The molecule has 140 valence electrons. The number of hydrogen-bond donors (Lipinski definition) is 1. The molecule has 1 aromatic carbocycles. The molecule has 6 nitrogen and oxygen atoms in total. The lowest BCUT2D eigenvalue weighted by atomic mass is 9.95. The van der Waals surface area contributed by atoms with E-state index in [9.17, 15) is 4.79 Å². The second kappa shape index (κ2) is 8.18. The van der Waals surface area contributed by atoms with Crippen LogP contribution in [0.25, 0.3) is 0 Å². The first-order chi connectivity index (χ1) is 12.3. The van der Waals surface area contributed by atoms with Gasteiger partial charge in [-0.05, 0) is 37.0 Å². The predicted molar refractivity (Wildman–Crippen MR) is 103 cm³/mol. The molecule has 1 N–H and O–H groups in total. The summed E-state index contributed by atoms with van der Waals surface area (Å²) in [7, 11) is 0. The summed E-state index contributed by atoms with van der Waals surface area (Å²) in [6, 6.07) is 8.01. The highest BCUT2D eigenvalue weighted by Gasteiger charge is 2.29. The largest absolute Gasteiger partial charge is 0.339 e. The molecule has 2 aliphatic heterocycles. The standard InChI is InChI=1S/C19H25N5O.ClH/c1-2-14-3-5-16(6-4-14)19(25)23-10-7-15(8-11-23)18-22-21-17-13-20-9-12-24(17)18;/h3-6,15,20H,2,7-13H2,1H3;1H. The third-order valence-electron chi connectivity index (χ3n) is 5.41. The van der Waals surface area contributed by atoms with E-state index >= 15 is 0 Å². The number of rotatable bonds is 3. The van der Waals surface area contributed by atoms with E-state index in [1.165, 1.54) is 5.56 Å². The van der Waals surface area contributed by atoms with Crippen molar-refractivity contribution in [1.82, 2.24) is 25.0 Å². The van der Waals surface area contributed by atoms with Crippen LogP contribution in [0.15, 0.2) is 24.3 Å². The number of fused-ring (bicyclic) bond motifs is 1. The number of likely N-dealkylation sites (tertiary alicyclic amines) is 1. The lowest BCUT2D eigenvalue weighted by Gasteiger charge is -2.32. The Morgan fingerprint density at radius 1 is 1.15 bits per heavy atom. The molecule has 1 saturated heterocycles. The zero-order chi connectivity index (χ0) is 17.2. The summed E-state index contributed by atoms with van der Waals surface area (Å²) in [5, 5.41) is 12.1. The number of benzene rings is 1. The van der Waals surface area contributed by atoms with E-state index in [2.05, 4.69) is 39.1 Å². The summed E-state index contributed by atoms with van der Waals surface area (Å²) >= 11 is 0.